The highest BCUT2D eigenvalue weighted by Gasteiger charge is 2.52. The molecule has 0 aromatic heterocycles. The number of sulfone groups is 1. The quantitative estimate of drug-likeness (QED) is 0.288. The first-order chi connectivity index (χ1) is 16.8. The highest BCUT2D eigenvalue weighted by molar-refractivity contribution is 7.92. The number of hydrogen-bond acceptors (Lipinski definition) is 3. The zero-order valence-corrected chi connectivity index (χ0v) is 24.1. The van der Waals surface area contributed by atoms with Crippen LogP contribution < -0.4 is 0 Å². The number of halogens is 2. The third-order valence-corrected chi connectivity index (χ3v) is 10.2. The molecule has 37 heavy (non-hydrogen) atoms. The van der Waals surface area contributed by atoms with E-state index in [0.29, 0.717) is 22.9 Å². The zero-order valence-electron chi connectivity index (χ0n) is 21.7. The normalized spacial score (nSPS) is 23.2. The highest BCUT2D eigenvalue weighted by Crippen LogP contribution is 2.52. The van der Waals surface area contributed by atoms with E-state index in [1.807, 2.05) is 74.2 Å². The minimum atomic E-state index is -3.42. The molecule has 1 aliphatic rings. The molecular formula is C30H41Cl2NO3S. The van der Waals surface area contributed by atoms with Gasteiger partial charge in [-0.05, 0) is 68.0 Å². The van der Waals surface area contributed by atoms with Gasteiger partial charge < -0.3 is 4.90 Å². The molecule has 0 spiro atoms. The number of allylic oxidation sites excluding steroid dienone is 1. The van der Waals surface area contributed by atoms with Gasteiger partial charge >= 0.3 is 0 Å². The smallest absolute Gasteiger partial charge is 0.229 e. The molecule has 2 aromatic rings. The molecule has 0 bridgehead atoms. The molecular weight excluding hydrogens is 525 g/mol. The van der Waals surface area contributed by atoms with Crippen molar-refractivity contribution < 1.29 is 13.2 Å². The summed E-state index contributed by atoms with van der Waals surface area (Å²) in [5.41, 5.74) is 1.21. The fourth-order valence-electron chi connectivity index (χ4n) is 5.28. The molecule has 0 unspecified atom stereocenters. The Hall–Kier alpha value is -1.82. The molecule has 0 aliphatic carbocycles. The average molecular weight is 567 g/mol. The van der Waals surface area contributed by atoms with E-state index in [-0.39, 0.29) is 37.0 Å². The SMILES string of the molecule is C.C=CC[C@@]1(C)C[C@H](c2cccc(Cl)c2)[C@@H](c2ccc(Cl)cc2)N([C@H](CS(=O)(=O)C(C)C)C(C)C)C1=O. The van der Waals surface area contributed by atoms with Crippen LogP contribution in [0, 0.1) is 11.3 Å². The van der Waals surface area contributed by atoms with Crippen LogP contribution in [0.3, 0.4) is 0 Å². The second kappa shape index (κ2) is 12.4. The summed E-state index contributed by atoms with van der Waals surface area (Å²) in [6.07, 6.45) is 2.86. The van der Waals surface area contributed by atoms with Gasteiger partial charge in [0.25, 0.3) is 0 Å². The molecule has 1 saturated heterocycles. The Morgan fingerprint density at radius 1 is 1.05 bits per heavy atom. The standard InChI is InChI=1S/C29H37Cl2NO3S.CH4/c1-7-15-29(6)17-25(22-9-8-10-24(31)16-22)27(21-11-13-23(30)14-12-21)32(28(29)33)26(19(2)3)18-36(34,35)20(4)5;/h7-14,16,19-20,25-27H,1,15,17-18H2,2-6H3;1H4/t25-,26-,27-,29+;/m1./s1. The largest absolute Gasteiger partial charge is 0.330 e. The second-order valence-electron chi connectivity index (χ2n) is 10.8. The second-order valence-corrected chi connectivity index (χ2v) is 14.3. The van der Waals surface area contributed by atoms with E-state index in [0.717, 1.165) is 11.1 Å². The zero-order chi connectivity index (χ0) is 26.8. The molecule has 4 nitrogen and oxygen atoms in total. The van der Waals surface area contributed by atoms with Gasteiger partial charge in [0, 0.05) is 22.0 Å². The minimum Gasteiger partial charge on any atom is -0.330 e. The van der Waals surface area contributed by atoms with Crippen molar-refractivity contribution >= 4 is 38.9 Å². The van der Waals surface area contributed by atoms with Gasteiger partial charge in [-0.15, -0.1) is 6.58 Å². The van der Waals surface area contributed by atoms with E-state index in [1.54, 1.807) is 19.9 Å². The Balaban J connectivity index is 0.00000481. The van der Waals surface area contributed by atoms with Crippen LogP contribution in [0.25, 0.3) is 0 Å². The van der Waals surface area contributed by atoms with Crippen LogP contribution in [0.15, 0.2) is 61.2 Å². The van der Waals surface area contributed by atoms with Crippen LogP contribution in [-0.2, 0) is 14.6 Å². The number of nitrogens with zero attached hydrogens (tertiary/aromatic N) is 1. The van der Waals surface area contributed by atoms with Crippen LogP contribution in [0.1, 0.15) is 78.0 Å². The number of carbonyl (C=O) groups is 1. The van der Waals surface area contributed by atoms with Crippen molar-refractivity contribution in [2.24, 2.45) is 11.3 Å². The van der Waals surface area contributed by atoms with Gasteiger partial charge in [0.05, 0.1) is 22.5 Å². The fraction of sp³-hybridized carbons (Fsp3) is 0.500. The van der Waals surface area contributed by atoms with Crippen molar-refractivity contribution in [2.75, 3.05) is 5.75 Å². The first-order valence-corrected chi connectivity index (χ1v) is 14.9. The lowest BCUT2D eigenvalue weighted by Crippen LogP contribution is -2.58. The van der Waals surface area contributed by atoms with E-state index < -0.39 is 26.5 Å². The predicted molar refractivity (Wildman–Crippen MR) is 157 cm³/mol. The summed E-state index contributed by atoms with van der Waals surface area (Å²) in [4.78, 5) is 16.2. The predicted octanol–water partition coefficient (Wildman–Crippen LogP) is 8.12. The fourth-order valence-corrected chi connectivity index (χ4v) is 7.01. The third kappa shape index (κ3) is 6.79. The molecule has 0 radical (unpaired) electrons. The van der Waals surface area contributed by atoms with Crippen LogP contribution >= 0.6 is 23.2 Å². The Morgan fingerprint density at radius 3 is 2.19 bits per heavy atom. The van der Waals surface area contributed by atoms with Crippen molar-refractivity contribution in [2.45, 2.75) is 78.1 Å². The first-order valence-electron chi connectivity index (χ1n) is 12.5. The molecule has 0 saturated carbocycles. The maximum Gasteiger partial charge on any atom is 0.229 e. The lowest BCUT2D eigenvalue weighted by atomic mass is 9.67. The molecule has 3 rings (SSSR count). The maximum absolute atomic E-state index is 14.4. The summed E-state index contributed by atoms with van der Waals surface area (Å²) < 4.78 is 26.4. The number of benzene rings is 2. The molecule has 1 heterocycles. The van der Waals surface area contributed by atoms with E-state index in [9.17, 15) is 13.2 Å². The van der Waals surface area contributed by atoms with Gasteiger partial charge in [0.2, 0.25) is 5.91 Å². The Morgan fingerprint density at radius 2 is 1.68 bits per heavy atom. The number of carbonyl (C=O) groups excluding carboxylic acids is 1. The number of rotatable bonds is 9. The molecule has 7 heteroatoms. The van der Waals surface area contributed by atoms with Gasteiger partial charge in [-0.2, -0.15) is 0 Å². The monoisotopic (exact) mass is 565 g/mol. The molecule has 4 atom stereocenters. The van der Waals surface area contributed by atoms with Crippen LogP contribution in [0.4, 0.5) is 0 Å². The van der Waals surface area contributed by atoms with Crippen molar-refractivity contribution in [1.29, 1.82) is 0 Å². The van der Waals surface area contributed by atoms with Crippen molar-refractivity contribution in [3.63, 3.8) is 0 Å². The van der Waals surface area contributed by atoms with Gasteiger partial charge in [-0.1, -0.05) is 81.7 Å². The van der Waals surface area contributed by atoms with Crippen LogP contribution in [0.2, 0.25) is 10.0 Å². The Labute approximate surface area is 234 Å². The summed E-state index contributed by atoms with van der Waals surface area (Å²) in [6.45, 7) is 13.2. The lowest BCUT2D eigenvalue weighted by Gasteiger charge is -2.53. The number of amides is 1. The average Bonchev–Trinajstić information content (AvgIpc) is 2.80. The topological polar surface area (TPSA) is 54.5 Å². The van der Waals surface area contributed by atoms with Crippen molar-refractivity contribution in [3.8, 4) is 0 Å². The van der Waals surface area contributed by atoms with Gasteiger partial charge in [-0.25, -0.2) is 8.42 Å². The minimum absolute atomic E-state index is 0. The number of hydrogen-bond donors (Lipinski definition) is 0. The molecule has 1 amide bonds. The molecule has 1 fully saturated rings. The summed E-state index contributed by atoms with van der Waals surface area (Å²) in [5.74, 6) is -0.317. The van der Waals surface area contributed by atoms with Crippen molar-refractivity contribution in [3.05, 3.63) is 82.4 Å². The van der Waals surface area contributed by atoms with Crippen molar-refractivity contribution in [1.82, 2.24) is 4.90 Å². The van der Waals surface area contributed by atoms with Crippen LogP contribution in [0.5, 0.6) is 0 Å². The molecule has 0 N–H and O–H groups in total. The molecule has 204 valence electrons. The lowest BCUT2D eigenvalue weighted by molar-refractivity contribution is -0.155. The van der Waals surface area contributed by atoms with Gasteiger partial charge in [0.1, 0.15) is 0 Å². The summed E-state index contributed by atoms with van der Waals surface area (Å²) in [7, 11) is -3.42. The van der Waals surface area contributed by atoms with Gasteiger partial charge in [0.15, 0.2) is 9.84 Å². The van der Waals surface area contributed by atoms with Gasteiger partial charge in [-0.3, -0.25) is 4.79 Å². The molecule has 2 aromatic carbocycles. The summed E-state index contributed by atoms with van der Waals surface area (Å²) >= 11 is 12.6. The Kier molecular flexibility index (Phi) is 10.5. The highest BCUT2D eigenvalue weighted by atomic mass is 35.5. The van der Waals surface area contributed by atoms with Crippen LogP contribution in [-0.4, -0.2) is 36.3 Å². The van der Waals surface area contributed by atoms with E-state index >= 15 is 0 Å². The van der Waals surface area contributed by atoms with E-state index in [4.69, 9.17) is 23.2 Å². The summed E-state index contributed by atoms with van der Waals surface area (Å²) in [5, 5.41) is 0.695. The molecule has 1 aliphatic heterocycles. The summed E-state index contributed by atoms with van der Waals surface area (Å²) in [6, 6.07) is 14.4. The maximum atomic E-state index is 14.4. The van der Waals surface area contributed by atoms with E-state index in [1.165, 1.54) is 0 Å². The first kappa shape index (κ1) is 31.4. The van der Waals surface area contributed by atoms with E-state index in [2.05, 4.69) is 6.58 Å². The Bertz CT molecular complexity index is 1190. The third-order valence-electron chi connectivity index (χ3n) is 7.43. The number of piperidine rings is 1. The number of likely N-dealkylation sites (tertiary alicyclic amines) is 1.